The van der Waals surface area contributed by atoms with Crippen LogP contribution in [0.15, 0.2) is 47.6 Å². The molecule has 6 nitrogen and oxygen atoms in total. The van der Waals surface area contributed by atoms with Crippen molar-refractivity contribution < 1.29 is 0 Å². The van der Waals surface area contributed by atoms with Crippen molar-refractivity contribution in [1.29, 1.82) is 0 Å². The summed E-state index contributed by atoms with van der Waals surface area (Å²) in [5, 5.41) is 11.4. The topological polar surface area (TPSA) is 92.0 Å². The highest BCUT2D eigenvalue weighted by Crippen LogP contribution is 2.28. The maximum Gasteiger partial charge on any atom is 0.126 e. The van der Waals surface area contributed by atoms with Crippen molar-refractivity contribution in [1.82, 2.24) is 15.2 Å². The molecular weight excluding hydrogens is 300 g/mol. The second kappa shape index (κ2) is 6.16. The van der Waals surface area contributed by atoms with E-state index in [0.29, 0.717) is 5.82 Å². The van der Waals surface area contributed by atoms with Gasteiger partial charge in [0.25, 0.3) is 0 Å². The van der Waals surface area contributed by atoms with E-state index in [-0.39, 0.29) is 0 Å². The van der Waals surface area contributed by atoms with Crippen LogP contribution < -0.4 is 11.1 Å². The van der Waals surface area contributed by atoms with E-state index < -0.39 is 0 Å². The number of rotatable bonds is 5. The highest BCUT2D eigenvalue weighted by atomic mass is 15.1. The molecule has 0 spiro atoms. The van der Waals surface area contributed by atoms with Gasteiger partial charge >= 0.3 is 0 Å². The van der Waals surface area contributed by atoms with Gasteiger partial charge in [0.1, 0.15) is 5.82 Å². The number of hydrogen-bond acceptors (Lipinski definition) is 5. The molecule has 3 heterocycles. The summed E-state index contributed by atoms with van der Waals surface area (Å²) in [6.45, 7) is 1.52. The summed E-state index contributed by atoms with van der Waals surface area (Å²) in [7, 11) is 0. The molecule has 0 fully saturated rings. The molecule has 0 atom stereocenters. The molecule has 0 amide bonds. The third-order valence-electron chi connectivity index (χ3n) is 4.11. The molecule has 0 saturated carbocycles. The average Bonchev–Trinajstić information content (AvgIpc) is 3.28. The van der Waals surface area contributed by atoms with Crippen LogP contribution in [0, 0.1) is 0 Å². The SMILES string of the molecule is Nc1cc(NCCc2ccn[nH]2)c2ccc(C3=CC=NC3)cc2n1. The zero-order valence-electron chi connectivity index (χ0n) is 13.2. The van der Waals surface area contributed by atoms with Crippen LogP contribution >= 0.6 is 0 Å². The van der Waals surface area contributed by atoms with Gasteiger partial charge in [0.15, 0.2) is 0 Å². The Labute approximate surface area is 139 Å². The maximum atomic E-state index is 5.99. The van der Waals surface area contributed by atoms with E-state index in [1.165, 1.54) is 5.57 Å². The molecule has 6 heteroatoms. The summed E-state index contributed by atoms with van der Waals surface area (Å²) in [4.78, 5) is 8.72. The molecule has 1 aromatic carbocycles. The van der Waals surface area contributed by atoms with Gasteiger partial charge < -0.3 is 11.1 Å². The van der Waals surface area contributed by atoms with Crippen molar-refractivity contribution in [3.05, 3.63) is 53.9 Å². The Morgan fingerprint density at radius 3 is 2.96 bits per heavy atom. The summed E-state index contributed by atoms with van der Waals surface area (Å²) in [6.07, 6.45) is 6.51. The number of aromatic amines is 1. The molecule has 0 radical (unpaired) electrons. The molecule has 0 aliphatic carbocycles. The zero-order valence-corrected chi connectivity index (χ0v) is 13.2. The monoisotopic (exact) mass is 318 g/mol. The van der Waals surface area contributed by atoms with Gasteiger partial charge in [-0.2, -0.15) is 5.10 Å². The van der Waals surface area contributed by atoms with Gasteiger partial charge in [0.2, 0.25) is 0 Å². The highest BCUT2D eigenvalue weighted by Gasteiger charge is 2.09. The van der Waals surface area contributed by atoms with Gasteiger partial charge in [0, 0.05) is 48.2 Å². The van der Waals surface area contributed by atoms with Crippen LogP contribution in [0.5, 0.6) is 0 Å². The largest absolute Gasteiger partial charge is 0.384 e. The molecule has 1 aliphatic rings. The van der Waals surface area contributed by atoms with Gasteiger partial charge in [-0.1, -0.05) is 12.1 Å². The van der Waals surface area contributed by atoms with Crippen LogP contribution in [-0.4, -0.2) is 34.5 Å². The Hall–Kier alpha value is -3.15. The summed E-state index contributed by atoms with van der Waals surface area (Å²) in [5.74, 6) is 0.514. The van der Waals surface area contributed by atoms with Gasteiger partial charge in [-0.15, -0.1) is 0 Å². The molecular formula is C18H18N6. The quantitative estimate of drug-likeness (QED) is 0.674. The van der Waals surface area contributed by atoms with Crippen LogP contribution in [0.4, 0.5) is 11.5 Å². The Morgan fingerprint density at radius 2 is 2.17 bits per heavy atom. The number of benzene rings is 1. The predicted octanol–water partition coefficient (Wildman–Crippen LogP) is 2.66. The number of aromatic nitrogens is 3. The van der Waals surface area contributed by atoms with E-state index >= 15 is 0 Å². The average molecular weight is 318 g/mol. The molecule has 2 aromatic heterocycles. The number of pyridine rings is 1. The first kappa shape index (κ1) is 14.4. The number of nitrogens with two attached hydrogens (primary N) is 1. The van der Waals surface area contributed by atoms with Gasteiger partial charge in [0.05, 0.1) is 12.1 Å². The van der Waals surface area contributed by atoms with Crippen molar-refractivity contribution in [2.75, 3.05) is 24.1 Å². The smallest absolute Gasteiger partial charge is 0.126 e. The van der Waals surface area contributed by atoms with Crippen LogP contribution in [-0.2, 0) is 6.42 Å². The van der Waals surface area contributed by atoms with Crippen molar-refractivity contribution >= 4 is 34.2 Å². The Bertz CT molecular complexity index is 924. The van der Waals surface area contributed by atoms with Crippen LogP contribution in [0.25, 0.3) is 16.5 Å². The number of hydrogen-bond donors (Lipinski definition) is 3. The minimum absolute atomic E-state index is 0.514. The minimum Gasteiger partial charge on any atom is -0.384 e. The summed E-state index contributed by atoms with van der Waals surface area (Å²) in [5.41, 5.74) is 11.3. The van der Waals surface area contributed by atoms with E-state index in [0.717, 1.165) is 47.4 Å². The molecule has 24 heavy (non-hydrogen) atoms. The Kier molecular flexibility index (Phi) is 3.70. The third-order valence-corrected chi connectivity index (χ3v) is 4.11. The first-order valence-corrected chi connectivity index (χ1v) is 7.91. The van der Waals surface area contributed by atoms with Crippen molar-refractivity contribution in [2.45, 2.75) is 6.42 Å². The second-order valence-electron chi connectivity index (χ2n) is 5.77. The fraction of sp³-hybridized carbons (Fsp3) is 0.167. The van der Waals surface area contributed by atoms with Gasteiger partial charge in [-0.3, -0.25) is 10.1 Å². The number of aliphatic imine (C=N–C) groups is 1. The van der Waals surface area contributed by atoms with Crippen molar-refractivity contribution in [2.24, 2.45) is 4.99 Å². The summed E-state index contributed by atoms with van der Waals surface area (Å²) < 4.78 is 0. The number of allylic oxidation sites excluding steroid dienone is 1. The van der Waals surface area contributed by atoms with E-state index in [1.54, 1.807) is 6.20 Å². The minimum atomic E-state index is 0.514. The van der Waals surface area contributed by atoms with Crippen molar-refractivity contribution in [3.63, 3.8) is 0 Å². The number of nitrogens with zero attached hydrogens (tertiary/aromatic N) is 3. The number of nitrogen functional groups attached to an aromatic ring is 1. The molecule has 0 bridgehead atoms. The summed E-state index contributed by atoms with van der Waals surface area (Å²) in [6, 6.07) is 10.1. The standard InChI is InChI=1S/C18H18N6/c19-18-10-16(21-7-4-14-5-8-22-24-14)15-2-1-12(9-17(15)23-18)13-3-6-20-11-13/h1-3,5-6,8-10H,4,7,11H2,(H,22,24)(H3,19,21,23). The number of H-pyrrole nitrogens is 1. The lowest BCUT2D eigenvalue weighted by molar-refractivity contribution is 0.930. The van der Waals surface area contributed by atoms with E-state index in [2.05, 4.69) is 43.7 Å². The van der Waals surface area contributed by atoms with Crippen LogP contribution in [0.1, 0.15) is 11.3 Å². The molecule has 4 rings (SSSR count). The van der Waals surface area contributed by atoms with E-state index in [4.69, 9.17) is 5.73 Å². The fourth-order valence-electron chi connectivity index (χ4n) is 2.88. The number of nitrogens with one attached hydrogen (secondary N) is 2. The Balaban J connectivity index is 1.60. The number of fused-ring (bicyclic) bond motifs is 1. The summed E-state index contributed by atoms with van der Waals surface area (Å²) >= 11 is 0. The highest BCUT2D eigenvalue weighted by molar-refractivity contribution is 5.96. The number of anilines is 2. The normalized spacial score (nSPS) is 13.4. The predicted molar refractivity (Wildman–Crippen MR) is 98.3 cm³/mol. The lowest BCUT2D eigenvalue weighted by Crippen LogP contribution is -2.07. The van der Waals surface area contributed by atoms with Crippen LogP contribution in [0.2, 0.25) is 0 Å². The zero-order chi connectivity index (χ0) is 16.4. The van der Waals surface area contributed by atoms with E-state index in [9.17, 15) is 0 Å². The molecule has 0 saturated heterocycles. The third kappa shape index (κ3) is 2.86. The fourth-order valence-corrected chi connectivity index (χ4v) is 2.88. The lowest BCUT2D eigenvalue weighted by Gasteiger charge is -2.11. The molecule has 3 aromatic rings. The van der Waals surface area contributed by atoms with E-state index in [1.807, 2.05) is 24.4 Å². The van der Waals surface area contributed by atoms with Gasteiger partial charge in [-0.05, 0) is 29.3 Å². The molecule has 120 valence electrons. The lowest BCUT2D eigenvalue weighted by atomic mass is 10.0. The van der Waals surface area contributed by atoms with Crippen LogP contribution in [0.3, 0.4) is 0 Å². The molecule has 1 aliphatic heterocycles. The first-order chi connectivity index (χ1) is 11.8. The Morgan fingerprint density at radius 1 is 1.21 bits per heavy atom. The maximum absolute atomic E-state index is 5.99. The molecule has 4 N–H and O–H groups in total. The van der Waals surface area contributed by atoms with Crippen molar-refractivity contribution in [3.8, 4) is 0 Å². The molecule has 0 unspecified atom stereocenters. The van der Waals surface area contributed by atoms with Gasteiger partial charge in [-0.25, -0.2) is 4.98 Å². The second-order valence-corrected chi connectivity index (χ2v) is 5.77. The first-order valence-electron chi connectivity index (χ1n) is 7.91.